The minimum atomic E-state index is -0.449. The average Bonchev–Trinajstić information content (AvgIpc) is 2.75. The molecule has 0 aliphatic heterocycles. The Kier molecular flexibility index (Phi) is 3.80. The van der Waals surface area contributed by atoms with Crippen LogP contribution in [-0.2, 0) is 7.05 Å². The van der Waals surface area contributed by atoms with Crippen LogP contribution in [0.25, 0.3) is 0 Å². The van der Waals surface area contributed by atoms with Gasteiger partial charge in [-0.25, -0.2) is 4.39 Å². The monoisotopic (exact) mass is 264 g/mol. The van der Waals surface area contributed by atoms with Gasteiger partial charge in [0.2, 0.25) is 0 Å². The quantitative estimate of drug-likeness (QED) is 0.887. The van der Waals surface area contributed by atoms with Crippen LogP contribution in [0, 0.1) is 5.82 Å². The number of hydrogen-bond acceptors (Lipinski definition) is 4. The van der Waals surface area contributed by atoms with E-state index in [-0.39, 0.29) is 17.8 Å². The molecule has 2 atom stereocenters. The highest BCUT2D eigenvalue weighted by Gasteiger charge is 2.17. The molecule has 0 aliphatic rings. The standard InChI is InChI=1S/C13H17FN4O/c1-8(11-5-4-10(14)6-12(11)19)16-9(2)13-17-15-7-18(13)3/h4-9,16,19H,1-3H3. The summed E-state index contributed by atoms with van der Waals surface area (Å²) in [5.41, 5.74) is 0.649. The highest BCUT2D eigenvalue weighted by atomic mass is 19.1. The van der Waals surface area contributed by atoms with Gasteiger partial charge < -0.3 is 15.0 Å². The molecule has 102 valence electrons. The largest absolute Gasteiger partial charge is 0.508 e. The molecule has 0 spiro atoms. The van der Waals surface area contributed by atoms with Crippen LogP contribution >= 0.6 is 0 Å². The lowest BCUT2D eigenvalue weighted by Gasteiger charge is -2.20. The van der Waals surface area contributed by atoms with Crippen LogP contribution in [0.4, 0.5) is 4.39 Å². The molecule has 19 heavy (non-hydrogen) atoms. The van der Waals surface area contributed by atoms with Gasteiger partial charge in [-0.05, 0) is 19.9 Å². The lowest BCUT2D eigenvalue weighted by atomic mass is 10.1. The Bertz CT molecular complexity index is 570. The van der Waals surface area contributed by atoms with Gasteiger partial charge in [-0.2, -0.15) is 0 Å². The van der Waals surface area contributed by atoms with Crippen LogP contribution < -0.4 is 5.32 Å². The number of nitrogens with one attached hydrogen (secondary N) is 1. The van der Waals surface area contributed by atoms with Crippen LogP contribution in [0.2, 0.25) is 0 Å². The van der Waals surface area contributed by atoms with Gasteiger partial charge in [-0.15, -0.1) is 10.2 Å². The number of aromatic nitrogens is 3. The number of hydrogen-bond donors (Lipinski definition) is 2. The normalized spacial score (nSPS) is 14.3. The summed E-state index contributed by atoms with van der Waals surface area (Å²) >= 11 is 0. The van der Waals surface area contributed by atoms with Gasteiger partial charge in [0.25, 0.3) is 0 Å². The highest BCUT2D eigenvalue weighted by molar-refractivity contribution is 5.35. The van der Waals surface area contributed by atoms with Crippen molar-refractivity contribution in [3.05, 3.63) is 41.7 Å². The molecule has 6 heteroatoms. The Labute approximate surface area is 111 Å². The number of phenols is 1. The summed E-state index contributed by atoms with van der Waals surface area (Å²) in [6.07, 6.45) is 1.63. The van der Waals surface area contributed by atoms with Crippen LogP contribution in [0.3, 0.4) is 0 Å². The number of phenolic OH excluding ortho intramolecular Hbond substituents is 1. The first kappa shape index (κ1) is 13.5. The molecule has 0 saturated heterocycles. The van der Waals surface area contributed by atoms with E-state index < -0.39 is 5.82 Å². The summed E-state index contributed by atoms with van der Waals surface area (Å²) in [7, 11) is 1.87. The molecule has 2 aromatic rings. The fraction of sp³-hybridized carbons (Fsp3) is 0.385. The van der Waals surface area contributed by atoms with Gasteiger partial charge in [0.1, 0.15) is 23.7 Å². The second-order valence-corrected chi connectivity index (χ2v) is 4.61. The average molecular weight is 264 g/mol. The second kappa shape index (κ2) is 5.36. The maximum Gasteiger partial charge on any atom is 0.149 e. The molecule has 1 aromatic carbocycles. The number of benzene rings is 1. The SMILES string of the molecule is CC(NC(C)c1nncn1C)c1ccc(F)cc1O. The van der Waals surface area contributed by atoms with Crippen LogP contribution in [0.15, 0.2) is 24.5 Å². The molecule has 1 heterocycles. The molecule has 2 unspecified atom stereocenters. The van der Waals surface area contributed by atoms with E-state index in [2.05, 4.69) is 15.5 Å². The summed E-state index contributed by atoms with van der Waals surface area (Å²) in [6, 6.07) is 3.85. The topological polar surface area (TPSA) is 63.0 Å². The number of halogens is 1. The van der Waals surface area contributed by atoms with Crippen molar-refractivity contribution in [3.63, 3.8) is 0 Å². The number of aromatic hydroxyl groups is 1. The van der Waals surface area contributed by atoms with E-state index in [1.165, 1.54) is 6.07 Å². The van der Waals surface area contributed by atoms with Crippen molar-refractivity contribution in [2.75, 3.05) is 0 Å². The molecule has 0 amide bonds. The summed E-state index contributed by atoms with van der Waals surface area (Å²) < 4.78 is 14.8. The maximum absolute atomic E-state index is 12.9. The Balaban J connectivity index is 2.13. The second-order valence-electron chi connectivity index (χ2n) is 4.61. The Morgan fingerprint density at radius 2 is 2.05 bits per heavy atom. The smallest absolute Gasteiger partial charge is 0.149 e. The van der Waals surface area contributed by atoms with E-state index in [4.69, 9.17) is 0 Å². The Morgan fingerprint density at radius 3 is 2.63 bits per heavy atom. The molecule has 0 radical (unpaired) electrons. The van der Waals surface area contributed by atoms with Crippen molar-refractivity contribution in [2.24, 2.45) is 7.05 Å². The lowest BCUT2D eigenvalue weighted by molar-refractivity contribution is 0.425. The summed E-state index contributed by atoms with van der Waals surface area (Å²) in [5, 5.41) is 20.9. The van der Waals surface area contributed by atoms with Gasteiger partial charge in [-0.3, -0.25) is 0 Å². The number of rotatable bonds is 4. The molecule has 1 aromatic heterocycles. The predicted molar refractivity (Wildman–Crippen MR) is 69.0 cm³/mol. The van der Waals surface area contributed by atoms with Crippen LogP contribution in [0.1, 0.15) is 37.3 Å². The third kappa shape index (κ3) is 2.90. The van der Waals surface area contributed by atoms with E-state index in [9.17, 15) is 9.50 Å². The zero-order valence-electron chi connectivity index (χ0n) is 11.1. The van der Waals surface area contributed by atoms with E-state index in [0.29, 0.717) is 5.56 Å². The van der Waals surface area contributed by atoms with Gasteiger partial charge in [0, 0.05) is 24.7 Å². The van der Waals surface area contributed by atoms with E-state index >= 15 is 0 Å². The molecule has 5 nitrogen and oxygen atoms in total. The van der Waals surface area contributed by atoms with Crippen molar-refractivity contribution in [1.82, 2.24) is 20.1 Å². The zero-order chi connectivity index (χ0) is 14.0. The molecular formula is C13H17FN4O. The molecular weight excluding hydrogens is 247 g/mol. The number of aryl methyl sites for hydroxylation is 1. The van der Waals surface area contributed by atoms with Crippen LogP contribution in [-0.4, -0.2) is 19.9 Å². The van der Waals surface area contributed by atoms with Crippen molar-refractivity contribution in [2.45, 2.75) is 25.9 Å². The fourth-order valence-corrected chi connectivity index (χ4v) is 2.11. The molecule has 2 rings (SSSR count). The molecule has 0 fully saturated rings. The summed E-state index contributed by atoms with van der Waals surface area (Å²) in [6.45, 7) is 3.86. The molecule has 0 bridgehead atoms. The third-order valence-corrected chi connectivity index (χ3v) is 3.09. The fourth-order valence-electron chi connectivity index (χ4n) is 2.11. The van der Waals surface area contributed by atoms with Gasteiger partial charge in [0.05, 0.1) is 6.04 Å². The zero-order valence-corrected chi connectivity index (χ0v) is 11.1. The predicted octanol–water partition coefficient (Wildman–Crippen LogP) is 2.07. The van der Waals surface area contributed by atoms with Crippen molar-refractivity contribution in [3.8, 4) is 5.75 Å². The molecule has 0 aliphatic carbocycles. The van der Waals surface area contributed by atoms with Gasteiger partial charge in [0.15, 0.2) is 0 Å². The highest BCUT2D eigenvalue weighted by Crippen LogP contribution is 2.26. The first-order chi connectivity index (χ1) is 8.99. The van der Waals surface area contributed by atoms with Crippen LogP contribution in [0.5, 0.6) is 5.75 Å². The minimum absolute atomic E-state index is 0.0352. The first-order valence-corrected chi connectivity index (χ1v) is 6.07. The number of nitrogens with zero attached hydrogens (tertiary/aromatic N) is 3. The van der Waals surface area contributed by atoms with Gasteiger partial charge >= 0.3 is 0 Å². The minimum Gasteiger partial charge on any atom is -0.508 e. The maximum atomic E-state index is 12.9. The Hall–Kier alpha value is -1.95. The third-order valence-electron chi connectivity index (χ3n) is 3.09. The van der Waals surface area contributed by atoms with E-state index in [1.807, 2.05) is 25.5 Å². The molecule has 0 saturated carbocycles. The first-order valence-electron chi connectivity index (χ1n) is 6.07. The Morgan fingerprint density at radius 1 is 1.32 bits per heavy atom. The van der Waals surface area contributed by atoms with E-state index in [0.717, 1.165) is 11.9 Å². The summed E-state index contributed by atoms with van der Waals surface area (Å²) in [5.74, 6) is 0.299. The van der Waals surface area contributed by atoms with Crippen molar-refractivity contribution < 1.29 is 9.50 Å². The van der Waals surface area contributed by atoms with E-state index in [1.54, 1.807) is 12.4 Å². The van der Waals surface area contributed by atoms with Crippen molar-refractivity contribution in [1.29, 1.82) is 0 Å². The van der Waals surface area contributed by atoms with Gasteiger partial charge in [-0.1, -0.05) is 6.07 Å². The van der Waals surface area contributed by atoms with Crippen molar-refractivity contribution >= 4 is 0 Å². The lowest BCUT2D eigenvalue weighted by Crippen LogP contribution is -2.24. The molecule has 2 N–H and O–H groups in total. The summed E-state index contributed by atoms with van der Waals surface area (Å²) in [4.78, 5) is 0.